The number of carbonyl (C=O) groups is 1. The standard InChI is InChI=1S/C15H22N2O/c1-11-6-3-4-7-12(11)10-17-14(18)15(2)9-5-8-13(15)16/h3-4,6-7,13H,5,8-10,16H2,1-2H3,(H,17,18). The number of amides is 1. The SMILES string of the molecule is Cc1ccccc1CNC(=O)C1(C)CCCC1N. The predicted molar refractivity (Wildman–Crippen MR) is 73.0 cm³/mol. The monoisotopic (exact) mass is 246 g/mol. The minimum absolute atomic E-state index is 0.00521. The molecule has 1 aliphatic carbocycles. The first-order valence-electron chi connectivity index (χ1n) is 6.62. The van der Waals surface area contributed by atoms with E-state index in [2.05, 4.69) is 18.3 Å². The van der Waals surface area contributed by atoms with E-state index in [-0.39, 0.29) is 17.4 Å². The van der Waals surface area contributed by atoms with Crippen LogP contribution in [0.15, 0.2) is 24.3 Å². The first-order chi connectivity index (χ1) is 8.54. The number of rotatable bonds is 3. The second-order valence-electron chi connectivity index (χ2n) is 5.53. The molecule has 0 bridgehead atoms. The summed E-state index contributed by atoms with van der Waals surface area (Å²) < 4.78 is 0. The van der Waals surface area contributed by atoms with Gasteiger partial charge in [0.15, 0.2) is 0 Å². The molecule has 3 N–H and O–H groups in total. The number of hydrogen-bond donors (Lipinski definition) is 2. The van der Waals surface area contributed by atoms with Crippen molar-refractivity contribution in [1.29, 1.82) is 0 Å². The maximum absolute atomic E-state index is 12.3. The second-order valence-corrected chi connectivity index (χ2v) is 5.53. The maximum atomic E-state index is 12.3. The van der Waals surface area contributed by atoms with Crippen LogP contribution in [0.25, 0.3) is 0 Å². The Morgan fingerprint density at radius 1 is 1.50 bits per heavy atom. The van der Waals surface area contributed by atoms with Gasteiger partial charge in [-0.05, 0) is 37.8 Å². The van der Waals surface area contributed by atoms with Crippen LogP contribution >= 0.6 is 0 Å². The summed E-state index contributed by atoms with van der Waals surface area (Å²) in [5, 5.41) is 3.03. The van der Waals surface area contributed by atoms with Crippen molar-refractivity contribution in [1.82, 2.24) is 5.32 Å². The van der Waals surface area contributed by atoms with Crippen molar-refractivity contribution in [3.63, 3.8) is 0 Å². The highest BCUT2D eigenvalue weighted by molar-refractivity contribution is 5.83. The van der Waals surface area contributed by atoms with E-state index in [9.17, 15) is 4.79 Å². The summed E-state index contributed by atoms with van der Waals surface area (Å²) in [7, 11) is 0. The Hall–Kier alpha value is -1.35. The van der Waals surface area contributed by atoms with E-state index in [4.69, 9.17) is 5.73 Å². The number of benzene rings is 1. The lowest BCUT2D eigenvalue weighted by molar-refractivity contribution is -0.130. The van der Waals surface area contributed by atoms with Crippen molar-refractivity contribution in [3.8, 4) is 0 Å². The zero-order valence-electron chi connectivity index (χ0n) is 11.2. The predicted octanol–water partition coefficient (Wildman–Crippen LogP) is 2.13. The molecule has 98 valence electrons. The first-order valence-corrected chi connectivity index (χ1v) is 6.62. The molecule has 1 aromatic carbocycles. The Morgan fingerprint density at radius 3 is 2.83 bits per heavy atom. The van der Waals surface area contributed by atoms with Crippen LogP contribution in [0.3, 0.4) is 0 Å². The fraction of sp³-hybridized carbons (Fsp3) is 0.533. The molecule has 1 aliphatic rings. The summed E-state index contributed by atoms with van der Waals surface area (Å²) in [4.78, 5) is 12.3. The lowest BCUT2D eigenvalue weighted by Gasteiger charge is -2.27. The lowest BCUT2D eigenvalue weighted by Crippen LogP contribution is -2.47. The largest absolute Gasteiger partial charge is 0.351 e. The molecule has 18 heavy (non-hydrogen) atoms. The van der Waals surface area contributed by atoms with Gasteiger partial charge in [0.1, 0.15) is 0 Å². The second kappa shape index (κ2) is 5.11. The van der Waals surface area contributed by atoms with Crippen LogP contribution in [-0.4, -0.2) is 11.9 Å². The molecule has 3 nitrogen and oxygen atoms in total. The molecule has 1 amide bonds. The number of nitrogens with one attached hydrogen (secondary N) is 1. The Bertz CT molecular complexity index is 444. The van der Waals surface area contributed by atoms with Crippen LogP contribution in [0.1, 0.15) is 37.3 Å². The van der Waals surface area contributed by atoms with E-state index < -0.39 is 0 Å². The summed E-state index contributed by atoms with van der Waals surface area (Å²) in [6, 6.07) is 8.11. The van der Waals surface area contributed by atoms with Gasteiger partial charge in [-0.1, -0.05) is 30.7 Å². The van der Waals surface area contributed by atoms with Gasteiger partial charge in [-0.3, -0.25) is 4.79 Å². The van der Waals surface area contributed by atoms with Crippen LogP contribution < -0.4 is 11.1 Å². The molecule has 3 heteroatoms. The molecule has 2 rings (SSSR count). The van der Waals surface area contributed by atoms with Crippen LogP contribution in [0.4, 0.5) is 0 Å². The minimum Gasteiger partial charge on any atom is -0.351 e. The molecule has 2 unspecified atom stereocenters. The molecule has 0 aliphatic heterocycles. The quantitative estimate of drug-likeness (QED) is 0.858. The van der Waals surface area contributed by atoms with Gasteiger partial charge in [0.25, 0.3) is 0 Å². The van der Waals surface area contributed by atoms with Crippen LogP contribution in [0.2, 0.25) is 0 Å². The van der Waals surface area contributed by atoms with E-state index in [1.807, 2.05) is 25.1 Å². The number of aryl methyl sites for hydroxylation is 1. The van der Waals surface area contributed by atoms with Gasteiger partial charge in [-0.2, -0.15) is 0 Å². The molecule has 0 spiro atoms. The average Bonchev–Trinajstić information content (AvgIpc) is 2.69. The average molecular weight is 246 g/mol. The molecule has 2 atom stereocenters. The Kier molecular flexibility index (Phi) is 3.71. The van der Waals surface area contributed by atoms with Crippen molar-refractivity contribution in [2.45, 2.75) is 45.7 Å². The van der Waals surface area contributed by atoms with E-state index in [0.717, 1.165) is 19.3 Å². The van der Waals surface area contributed by atoms with Crippen molar-refractivity contribution in [2.75, 3.05) is 0 Å². The summed E-state index contributed by atoms with van der Waals surface area (Å²) >= 11 is 0. The molecular formula is C15H22N2O. The molecule has 1 saturated carbocycles. The van der Waals surface area contributed by atoms with E-state index in [0.29, 0.717) is 6.54 Å². The smallest absolute Gasteiger partial charge is 0.227 e. The highest BCUT2D eigenvalue weighted by Gasteiger charge is 2.42. The Labute approximate surface area is 109 Å². The first kappa shape index (κ1) is 13.1. The minimum atomic E-state index is -0.386. The summed E-state index contributed by atoms with van der Waals surface area (Å²) in [5.74, 6) is 0.0933. The Morgan fingerprint density at radius 2 is 2.22 bits per heavy atom. The molecule has 0 radical (unpaired) electrons. The van der Waals surface area contributed by atoms with Gasteiger partial charge in [0.05, 0.1) is 5.41 Å². The molecule has 1 aromatic rings. The number of nitrogens with two attached hydrogens (primary N) is 1. The molecule has 0 aromatic heterocycles. The summed E-state index contributed by atoms with van der Waals surface area (Å²) in [6.45, 7) is 4.64. The third-order valence-electron chi connectivity index (χ3n) is 4.25. The molecule has 0 heterocycles. The van der Waals surface area contributed by atoms with Gasteiger partial charge in [0.2, 0.25) is 5.91 Å². The van der Waals surface area contributed by atoms with Crippen molar-refractivity contribution in [3.05, 3.63) is 35.4 Å². The number of hydrogen-bond acceptors (Lipinski definition) is 2. The van der Waals surface area contributed by atoms with Crippen molar-refractivity contribution >= 4 is 5.91 Å². The summed E-state index contributed by atoms with van der Waals surface area (Å²) in [5.41, 5.74) is 8.04. The molecular weight excluding hydrogens is 224 g/mol. The fourth-order valence-corrected chi connectivity index (χ4v) is 2.66. The van der Waals surface area contributed by atoms with E-state index in [1.54, 1.807) is 0 Å². The normalized spacial score (nSPS) is 27.2. The van der Waals surface area contributed by atoms with Gasteiger partial charge >= 0.3 is 0 Å². The highest BCUT2D eigenvalue weighted by atomic mass is 16.2. The summed E-state index contributed by atoms with van der Waals surface area (Å²) in [6.07, 6.45) is 2.90. The van der Waals surface area contributed by atoms with Gasteiger partial charge in [-0.15, -0.1) is 0 Å². The topological polar surface area (TPSA) is 55.1 Å². The van der Waals surface area contributed by atoms with Crippen LogP contribution in [0, 0.1) is 12.3 Å². The third kappa shape index (κ3) is 2.41. The fourth-order valence-electron chi connectivity index (χ4n) is 2.66. The Balaban J connectivity index is 1.99. The van der Waals surface area contributed by atoms with Gasteiger partial charge in [0, 0.05) is 12.6 Å². The zero-order valence-corrected chi connectivity index (χ0v) is 11.2. The van der Waals surface area contributed by atoms with Crippen molar-refractivity contribution in [2.24, 2.45) is 11.1 Å². The lowest BCUT2D eigenvalue weighted by atomic mass is 9.84. The van der Waals surface area contributed by atoms with Crippen molar-refractivity contribution < 1.29 is 4.79 Å². The zero-order chi connectivity index (χ0) is 13.2. The number of carbonyl (C=O) groups excluding carboxylic acids is 1. The molecule has 1 fully saturated rings. The van der Waals surface area contributed by atoms with E-state index in [1.165, 1.54) is 11.1 Å². The van der Waals surface area contributed by atoms with Crippen LogP contribution in [-0.2, 0) is 11.3 Å². The van der Waals surface area contributed by atoms with Gasteiger partial charge < -0.3 is 11.1 Å². The molecule has 0 saturated heterocycles. The van der Waals surface area contributed by atoms with E-state index >= 15 is 0 Å². The highest BCUT2D eigenvalue weighted by Crippen LogP contribution is 2.36. The van der Waals surface area contributed by atoms with Crippen LogP contribution in [0.5, 0.6) is 0 Å². The maximum Gasteiger partial charge on any atom is 0.227 e. The van der Waals surface area contributed by atoms with Gasteiger partial charge in [-0.25, -0.2) is 0 Å². The third-order valence-corrected chi connectivity index (χ3v) is 4.25.